The van der Waals surface area contributed by atoms with Crippen LogP contribution in [-0.2, 0) is 24.1 Å². The van der Waals surface area contributed by atoms with E-state index in [0.717, 1.165) is 62.4 Å². The molecular weight excluding hydrogens is 382 g/mol. The second kappa shape index (κ2) is 11.0. The van der Waals surface area contributed by atoms with Gasteiger partial charge in [0, 0.05) is 31.8 Å². The molecule has 0 aliphatic carbocycles. The summed E-state index contributed by atoms with van der Waals surface area (Å²) in [5.74, 6) is 3.08. The summed E-state index contributed by atoms with van der Waals surface area (Å²) in [7, 11) is 3.30. The van der Waals surface area contributed by atoms with E-state index in [1.807, 2.05) is 19.1 Å². The number of rotatable bonds is 10. The normalized spacial score (nSPS) is 16.5. The molecule has 7 nitrogen and oxygen atoms in total. The lowest BCUT2D eigenvalue weighted by Gasteiger charge is -2.36. The third kappa shape index (κ3) is 5.74. The van der Waals surface area contributed by atoms with Crippen LogP contribution in [0, 0.1) is 0 Å². The van der Waals surface area contributed by atoms with Crippen LogP contribution in [0.1, 0.15) is 62.7 Å². The minimum atomic E-state index is 0.238. The number of amides is 1. The van der Waals surface area contributed by atoms with Crippen molar-refractivity contribution in [1.82, 2.24) is 15.0 Å². The van der Waals surface area contributed by atoms with Gasteiger partial charge in [0.15, 0.2) is 17.3 Å². The summed E-state index contributed by atoms with van der Waals surface area (Å²) in [6.45, 7) is 2.85. The van der Waals surface area contributed by atoms with Gasteiger partial charge < -0.3 is 18.9 Å². The summed E-state index contributed by atoms with van der Waals surface area (Å²) in [6, 6.07) is 6.35. The SMILES string of the molecule is CCc1noc(CCCC(=O)N2CCCCC2CCc2ccc(OC)c(OC)c2)n1. The summed E-state index contributed by atoms with van der Waals surface area (Å²) >= 11 is 0. The average Bonchev–Trinajstić information content (AvgIpc) is 3.25. The highest BCUT2D eigenvalue weighted by Gasteiger charge is 2.26. The fourth-order valence-electron chi connectivity index (χ4n) is 4.07. The molecule has 1 saturated heterocycles. The Labute approximate surface area is 178 Å². The molecule has 0 spiro atoms. The quantitative estimate of drug-likeness (QED) is 0.584. The van der Waals surface area contributed by atoms with Crippen molar-refractivity contribution < 1.29 is 18.8 Å². The fraction of sp³-hybridized carbons (Fsp3) is 0.609. The van der Waals surface area contributed by atoms with Gasteiger partial charge in [0.25, 0.3) is 0 Å². The van der Waals surface area contributed by atoms with Crippen molar-refractivity contribution in [1.29, 1.82) is 0 Å². The summed E-state index contributed by atoms with van der Waals surface area (Å²) in [5.41, 5.74) is 1.20. The molecule has 1 fully saturated rings. The van der Waals surface area contributed by atoms with Gasteiger partial charge in [-0.1, -0.05) is 18.1 Å². The first-order valence-corrected chi connectivity index (χ1v) is 11.0. The molecule has 1 aliphatic heterocycles. The third-order valence-corrected chi connectivity index (χ3v) is 5.77. The van der Waals surface area contributed by atoms with E-state index in [4.69, 9.17) is 14.0 Å². The fourth-order valence-corrected chi connectivity index (χ4v) is 4.07. The Kier molecular flexibility index (Phi) is 8.11. The van der Waals surface area contributed by atoms with Crippen LogP contribution in [0.3, 0.4) is 0 Å². The van der Waals surface area contributed by atoms with E-state index >= 15 is 0 Å². The first-order valence-electron chi connectivity index (χ1n) is 11.0. The van der Waals surface area contributed by atoms with Crippen molar-refractivity contribution >= 4 is 5.91 Å². The van der Waals surface area contributed by atoms with Crippen LogP contribution >= 0.6 is 0 Å². The summed E-state index contributed by atoms with van der Waals surface area (Å²) in [4.78, 5) is 19.3. The van der Waals surface area contributed by atoms with E-state index in [0.29, 0.717) is 24.8 Å². The number of aromatic nitrogens is 2. The minimum absolute atomic E-state index is 0.238. The smallest absolute Gasteiger partial charge is 0.226 e. The van der Waals surface area contributed by atoms with Crippen molar-refractivity contribution in [2.75, 3.05) is 20.8 Å². The number of benzene rings is 1. The molecule has 2 aromatic rings. The van der Waals surface area contributed by atoms with E-state index in [-0.39, 0.29) is 5.91 Å². The van der Waals surface area contributed by atoms with Crippen LogP contribution in [-0.4, -0.2) is 47.8 Å². The third-order valence-electron chi connectivity index (χ3n) is 5.77. The van der Waals surface area contributed by atoms with Crippen LogP contribution in [0.5, 0.6) is 11.5 Å². The number of aryl methyl sites for hydroxylation is 3. The molecule has 30 heavy (non-hydrogen) atoms. The zero-order valence-electron chi connectivity index (χ0n) is 18.4. The maximum Gasteiger partial charge on any atom is 0.226 e. The Morgan fingerprint density at radius 2 is 2.03 bits per heavy atom. The molecule has 1 amide bonds. The maximum atomic E-state index is 12.9. The van der Waals surface area contributed by atoms with Crippen molar-refractivity contribution in [3.05, 3.63) is 35.5 Å². The van der Waals surface area contributed by atoms with Crippen molar-refractivity contribution in [2.45, 2.75) is 70.8 Å². The Morgan fingerprint density at radius 3 is 2.77 bits per heavy atom. The molecule has 2 heterocycles. The molecule has 1 unspecified atom stereocenters. The van der Waals surface area contributed by atoms with Crippen molar-refractivity contribution in [3.8, 4) is 11.5 Å². The topological polar surface area (TPSA) is 77.7 Å². The van der Waals surface area contributed by atoms with Gasteiger partial charge in [-0.2, -0.15) is 4.98 Å². The lowest BCUT2D eigenvalue weighted by molar-refractivity contribution is -0.135. The Balaban J connectivity index is 1.51. The molecule has 1 aromatic carbocycles. The second-order valence-corrected chi connectivity index (χ2v) is 7.78. The van der Waals surface area contributed by atoms with Gasteiger partial charge in [-0.3, -0.25) is 4.79 Å². The van der Waals surface area contributed by atoms with Crippen LogP contribution in [0.25, 0.3) is 0 Å². The van der Waals surface area contributed by atoms with Gasteiger partial charge in [0.1, 0.15) is 0 Å². The molecular formula is C23H33N3O4. The Bertz CT molecular complexity index is 821. The Hall–Kier alpha value is -2.57. The van der Waals surface area contributed by atoms with Crippen molar-refractivity contribution in [3.63, 3.8) is 0 Å². The number of hydrogen-bond donors (Lipinski definition) is 0. The molecule has 1 atom stereocenters. The van der Waals surface area contributed by atoms with Gasteiger partial charge in [-0.25, -0.2) is 0 Å². The van der Waals surface area contributed by atoms with Crippen LogP contribution in [0.4, 0.5) is 0 Å². The molecule has 164 valence electrons. The molecule has 0 bridgehead atoms. The average molecular weight is 416 g/mol. The number of methoxy groups -OCH3 is 2. The highest BCUT2D eigenvalue weighted by Crippen LogP contribution is 2.29. The molecule has 0 radical (unpaired) electrons. The number of piperidine rings is 1. The molecule has 3 rings (SSSR count). The number of hydrogen-bond acceptors (Lipinski definition) is 6. The standard InChI is InChI=1S/C23H33N3O4/c1-4-21-24-22(30-25-21)9-7-10-23(27)26-15-6-5-8-18(26)13-11-17-12-14-19(28-2)20(16-17)29-3/h12,14,16,18H,4-11,13,15H2,1-3H3. The van der Waals surface area contributed by atoms with E-state index in [2.05, 4.69) is 21.1 Å². The molecule has 1 aromatic heterocycles. The lowest BCUT2D eigenvalue weighted by Crippen LogP contribution is -2.43. The molecule has 7 heteroatoms. The van der Waals surface area contributed by atoms with Gasteiger partial charge in [-0.15, -0.1) is 0 Å². The lowest BCUT2D eigenvalue weighted by atomic mass is 9.95. The predicted molar refractivity (Wildman–Crippen MR) is 114 cm³/mol. The monoisotopic (exact) mass is 415 g/mol. The highest BCUT2D eigenvalue weighted by atomic mass is 16.5. The summed E-state index contributed by atoms with van der Waals surface area (Å²) in [5, 5.41) is 3.91. The number of likely N-dealkylation sites (tertiary alicyclic amines) is 1. The summed E-state index contributed by atoms with van der Waals surface area (Å²) < 4.78 is 16.0. The van der Waals surface area contributed by atoms with Crippen molar-refractivity contribution in [2.24, 2.45) is 0 Å². The first kappa shape index (κ1) is 22.1. The Morgan fingerprint density at radius 1 is 1.20 bits per heavy atom. The van der Waals surface area contributed by atoms with E-state index < -0.39 is 0 Å². The molecule has 1 aliphatic rings. The first-order chi connectivity index (χ1) is 14.6. The second-order valence-electron chi connectivity index (χ2n) is 7.78. The zero-order chi connectivity index (χ0) is 21.3. The van der Waals surface area contributed by atoms with Gasteiger partial charge in [0.05, 0.1) is 14.2 Å². The van der Waals surface area contributed by atoms with E-state index in [9.17, 15) is 4.79 Å². The molecule has 0 N–H and O–H groups in total. The minimum Gasteiger partial charge on any atom is -0.493 e. The van der Waals surface area contributed by atoms with E-state index in [1.54, 1.807) is 14.2 Å². The number of carbonyl (C=O) groups excluding carboxylic acids is 1. The highest BCUT2D eigenvalue weighted by molar-refractivity contribution is 5.76. The number of nitrogens with zero attached hydrogens (tertiary/aromatic N) is 3. The number of carbonyl (C=O) groups is 1. The maximum absolute atomic E-state index is 12.9. The number of ether oxygens (including phenoxy) is 2. The molecule has 0 saturated carbocycles. The predicted octanol–water partition coefficient (Wildman–Crippen LogP) is 3.99. The van der Waals surface area contributed by atoms with Crippen LogP contribution < -0.4 is 9.47 Å². The largest absolute Gasteiger partial charge is 0.493 e. The zero-order valence-corrected chi connectivity index (χ0v) is 18.4. The van der Waals surface area contributed by atoms with Crippen LogP contribution in [0.2, 0.25) is 0 Å². The van der Waals surface area contributed by atoms with Gasteiger partial charge >= 0.3 is 0 Å². The van der Waals surface area contributed by atoms with Gasteiger partial charge in [0.2, 0.25) is 11.8 Å². The van der Waals surface area contributed by atoms with Gasteiger partial charge in [-0.05, 0) is 56.2 Å². The summed E-state index contributed by atoms with van der Waals surface area (Å²) in [6.07, 6.45) is 7.90. The van der Waals surface area contributed by atoms with Crippen LogP contribution in [0.15, 0.2) is 22.7 Å². The van der Waals surface area contributed by atoms with E-state index in [1.165, 1.54) is 12.0 Å².